The average Bonchev–Trinajstić information content (AvgIpc) is 2.30. The van der Waals surface area contributed by atoms with Crippen LogP contribution in [-0.4, -0.2) is 4.98 Å². The van der Waals surface area contributed by atoms with Gasteiger partial charge in [-0.05, 0) is 11.8 Å². The molecular formula is C12H11IrN2-. The largest absolute Gasteiger partial charge is 0.325 e. The first-order valence-corrected chi connectivity index (χ1v) is 4.53. The molecule has 0 amide bonds. The molecule has 0 aliphatic carbocycles. The van der Waals surface area contributed by atoms with Gasteiger partial charge in [0.25, 0.3) is 0 Å². The maximum Gasteiger partial charge on any atom is 0.0433 e. The summed E-state index contributed by atoms with van der Waals surface area (Å²) in [6.45, 7) is 0.473. The fourth-order valence-electron chi connectivity index (χ4n) is 1.30. The average molecular weight is 375 g/mol. The Morgan fingerprint density at radius 2 is 2.00 bits per heavy atom. The van der Waals surface area contributed by atoms with Crippen molar-refractivity contribution in [1.29, 1.82) is 0 Å². The van der Waals surface area contributed by atoms with Crippen molar-refractivity contribution < 1.29 is 20.1 Å². The summed E-state index contributed by atoms with van der Waals surface area (Å²) in [6.07, 6.45) is 0. The van der Waals surface area contributed by atoms with E-state index in [9.17, 15) is 0 Å². The van der Waals surface area contributed by atoms with Gasteiger partial charge in [-0.15, -0.1) is 35.9 Å². The van der Waals surface area contributed by atoms with Crippen molar-refractivity contribution in [2.24, 2.45) is 5.73 Å². The van der Waals surface area contributed by atoms with Gasteiger partial charge < -0.3 is 5.73 Å². The van der Waals surface area contributed by atoms with E-state index < -0.39 is 0 Å². The number of aromatic nitrogens is 1. The van der Waals surface area contributed by atoms with Gasteiger partial charge in [-0.25, -0.2) is 0 Å². The van der Waals surface area contributed by atoms with Crippen molar-refractivity contribution in [3.8, 4) is 11.3 Å². The van der Waals surface area contributed by atoms with E-state index in [0.717, 1.165) is 17.0 Å². The van der Waals surface area contributed by atoms with Gasteiger partial charge in [-0.2, -0.15) is 0 Å². The molecule has 0 aliphatic rings. The molecule has 0 fully saturated rings. The SMILES string of the molecule is NCc1cccc(-c2[c-]cccc2)n1.[Ir]. The van der Waals surface area contributed by atoms with Crippen molar-refractivity contribution in [2.75, 3.05) is 0 Å². The predicted molar refractivity (Wildman–Crippen MR) is 56.4 cm³/mol. The Balaban J connectivity index is 0.00000112. The first-order valence-electron chi connectivity index (χ1n) is 4.53. The zero-order chi connectivity index (χ0) is 9.80. The molecule has 0 saturated heterocycles. The van der Waals surface area contributed by atoms with Crippen molar-refractivity contribution in [3.05, 3.63) is 54.2 Å². The fourth-order valence-corrected chi connectivity index (χ4v) is 1.30. The van der Waals surface area contributed by atoms with Gasteiger partial charge in [0.15, 0.2) is 0 Å². The maximum absolute atomic E-state index is 5.52. The Kier molecular flexibility index (Phi) is 4.63. The molecule has 1 radical (unpaired) electrons. The van der Waals surface area contributed by atoms with Gasteiger partial charge in [0.2, 0.25) is 0 Å². The van der Waals surface area contributed by atoms with E-state index in [4.69, 9.17) is 5.73 Å². The molecule has 0 spiro atoms. The summed E-state index contributed by atoms with van der Waals surface area (Å²) < 4.78 is 0. The molecule has 1 heterocycles. The maximum atomic E-state index is 5.52. The van der Waals surface area contributed by atoms with Gasteiger partial charge in [0, 0.05) is 32.3 Å². The summed E-state index contributed by atoms with van der Waals surface area (Å²) in [5.74, 6) is 0. The minimum absolute atomic E-state index is 0. The van der Waals surface area contributed by atoms with Crippen LogP contribution in [0, 0.1) is 6.07 Å². The molecule has 0 unspecified atom stereocenters. The number of pyridine rings is 1. The quantitative estimate of drug-likeness (QED) is 0.816. The molecule has 1 aromatic heterocycles. The third-order valence-electron chi connectivity index (χ3n) is 2.00. The second kappa shape index (κ2) is 5.76. The first-order chi connectivity index (χ1) is 6.90. The van der Waals surface area contributed by atoms with Gasteiger partial charge in [0.1, 0.15) is 0 Å². The van der Waals surface area contributed by atoms with E-state index in [1.165, 1.54) is 0 Å². The standard InChI is InChI=1S/C12H11N2.Ir/c13-9-11-7-4-8-12(14-11)10-5-2-1-3-6-10;/h1-5,7-8H,9,13H2;/q-1;. The van der Waals surface area contributed by atoms with Gasteiger partial charge in [-0.3, -0.25) is 4.98 Å². The predicted octanol–water partition coefficient (Wildman–Crippen LogP) is 2.00. The smallest absolute Gasteiger partial charge is 0.0433 e. The molecule has 0 bridgehead atoms. The second-order valence-electron chi connectivity index (χ2n) is 2.99. The Bertz CT molecular complexity index is 415. The van der Waals surface area contributed by atoms with Crippen LogP contribution in [0.5, 0.6) is 0 Å². The van der Waals surface area contributed by atoms with Crippen molar-refractivity contribution >= 4 is 0 Å². The molecule has 2 rings (SSSR count). The van der Waals surface area contributed by atoms with Crippen molar-refractivity contribution in [3.63, 3.8) is 0 Å². The summed E-state index contributed by atoms with van der Waals surface area (Å²) in [5, 5.41) is 0. The van der Waals surface area contributed by atoms with Gasteiger partial charge >= 0.3 is 0 Å². The second-order valence-corrected chi connectivity index (χ2v) is 2.99. The molecular weight excluding hydrogens is 364 g/mol. The van der Waals surface area contributed by atoms with Crippen molar-refractivity contribution in [1.82, 2.24) is 4.98 Å². The van der Waals surface area contributed by atoms with Crippen LogP contribution in [0.15, 0.2) is 42.5 Å². The normalized spacial score (nSPS) is 9.40. The number of rotatable bonds is 2. The minimum Gasteiger partial charge on any atom is -0.325 e. The third-order valence-corrected chi connectivity index (χ3v) is 2.00. The van der Waals surface area contributed by atoms with Gasteiger partial charge in [-0.1, -0.05) is 12.1 Å². The minimum atomic E-state index is 0. The Hall–Kier alpha value is -1.02. The van der Waals surface area contributed by atoms with Crippen LogP contribution in [0.4, 0.5) is 0 Å². The van der Waals surface area contributed by atoms with E-state index >= 15 is 0 Å². The van der Waals surface area contributed by atoms with E-state index in [1.807, 2.05) is 42.5 Å². The zero-order valence-electron chi connectivity index (χ0n) is 8.11. The topological polar surface area (TPSA) is 38.9 Å². The number of benzene rings is 1. The molecule has 0 atom stereocenters. The molecule has 0 aliphatic heterocycles. The van der Waals surface area contributed by atoms with Crippen LogP contribution in [0.2, 0.25) is 0 Å². The zero-order valence-corrected chi connectivity index (χ0v) is 10.5. The van der Waals surface area contributed by atoms with Crippen LogP contribution in [0.25, 0.3) is 11.3 Å². The molecule has 0 saturated carbocycles. The third kappa shape index (κ3) is 2.96. The van der Waals surface area contributed by atoms with Crippen molar-refractivity contribution in [2.45, 2.75) is 6.54 Å². The Morgan fingerprint density at radius 1 is 1.13 bits per heavy atom. The van der Waals surface area contributed by atoms with E-state index in [-0.39, 0.29) is 20.1 Å². The van der Waals surface area contributed by atoms with Crippen LogP contribution >= 0.6 is 0 Å². The van der Waals surface area contributed by atoms with Crippen LogP contribution in [0.3, 0.4) is 0 Å². The molecule has 15 heavy (non-hydrogen) atoms. The van der Waals surface area contributed by atoms with E-state index in [1.54, 1.807) is 0 Å². The Labute approximate surface area is 103 Å². The molecule has 2 aromatic rings. The number of hydrogen-bond donors (Lipinski definition) is 1. The monoisotopic (exact) mass is 376 g/mol. The summed E-state index contributed by atoms with van der Waals surface area (Å²) >= 11 is 0. The van der Waals surface area contributed by atoms with E-state index in [0.29, 0.717) is 6.54 Å². The van der Waals surface area contributed by atoms with Crippen LogP contribution in [-0.2, 0) is 26.7 Å². The number of nitrogens with two attached hydrogens (primary N) is 1. The summed E-state index contributed by atoms with van der Waals surface area (Å²) in [4.78, 5) is 4.41. The van der Waals surface area contributed by atoms with E-state index in [2.05, 4.69) is 11.1 Å². The summed E-state index contributed by atoms with van der Waals surface area (Å²) in [7, 11) is 0. The first kappa shape index (κ1) is 12.1. The molecule has 1 aromatic carbocycles. The summed E-state index contributed by atoms with van der Waals surface area (Å²) in [6, 6.07) is 16.8. The number of hydrogen-bond acceptors (Lipinski definition) is 2. The molecule has 2 nitrogen and oxygen atoms in total. The Morgan fingerprint density at radius 3 is 2.67 bits per heavy atom. The van der Waals surface area contributed by atoms with Gasteiger partial charge in [0.05, 0.1) is 0 Å². The van der Waals surface area contributed by atoms with Crippen LogP contribution < -0.4 is 5.73 Å². The number of nitrogens with zero attached hydrogens (tertiary/aromatic N) is 1. The summed E-state index contributed by atoms with van der Waals surface area (Å²) in [5.41, 5.74) is 8.35. The fraction of sp³-hybridized carbons (Fsp3) is 0.0833. The van der Waals surface area contributed by atoms with Crippen LogP contribution in [0.1, 0.15) is 5.69 Å². The molecule has 3 heteroatoms. The molecule has 79 valence electrons. The molecule has 2 N–H and O–H groups in total.